The van der Waals surface area contributed by atoms with Crippen molar-refractivity contribution < 1.29 is 19.1 Å². The molecule has 0 bridgehead atoms. The fourth-order valence-corrected chi connectivity index (χ4v) is 4.67. The van der Waals surface area contributed by atoms with Crippen molar-refractivity contribution in [3.63, 3.8) is 0 Å². The van der Waals surface area contributed by atoms with Crippen LogP contribution in [-0.4, -0.2) is 50.2 Å². The van der Waals surface area contributed by atoms with Crippen LogP contribution in [0.3, 0.4) is 0 Å². The summed E-state index contributed by atoms with van der Waals surface area (Å²) in [6.45, 7) is 6.78. The zero-order valence-corrected chi connectivity index (χ0v) is 21.2. The standard InChI is InChI=1S/C28H31N5O4/c1-28(2,3)37-27(35)32-15-13-18(14-16-32)22-17-30-33-24(25(29)34)23(31-26(22)33)19-9-11-21(12-10-19)36-20-7-5-4-6-8-20/h4-12,17-18,30H,13-16H2,1-3H3,(H2,29,34). The van der Waals surface area contributed by atoms with Crippen molar-refractivity contribution in [2.24, 2.45) is 5.73 Å². The van der Waals surface area contributed by atoms with Gasteiger partial charge in [0.1, 0.15) is 22.8 Å². The van der Waals surface area contributed by atoms with E-state index in [2.05, 4.69) is 5.10 Å². The van der Waals surface area contributed by atoms with E-state index in [-0.39, 0.29) is 12.0 Å². The largest absolute Gasteiger partial charge is 0.457 e. The van der Waals surface area contributed by atoms with E-state index < -0.39 is 11.5 Å². The van der Waals surface area contributed by atoms with Crippen LogP contribution in [0.25, 0.3) is 16.9 Å². The van der Waals surface area contributed by atoms with Crippen LogP contribution in [0.15, 0.2) is 60.8 Å². The Labute approximate surface area is 215 Å². The number of aromatic nitrogens is 3. The number of piperidine rings is 1. The number of amides is 2. The number of hydrogen-bond donors (Lipinski definition) is 2. The van der Waals surface area contributed by atoms with Crippen LogP contribution in [0.4, 0.5) is 4.79 Å². The Morgan fingerprint density at radius 2 is 1.65 bits per heavy atom. The molecule has 5 rings (SSSR count). The Bertz CT molecular complexity index is 1410. The number of para-hydroxylation sites is 1. The van der Waals surface area contributed by atoms with Gasteiger partial charge in [0.05, 0.1) is 0 Å². The van der Waals surface area contributed by atoms with Gasteiger partial charge in [0.25, 0.3) is 5.91 Å². The molecule has 2 aromatic heterocycles. The third kappa shape index (κ3) is 5.16. The highest BCUT2D eigenvalue weighted by Gasteiger charge is 2.30. The molecular formula is C28H31N5O4. The number of likely N-dealkylation sites (tertiary alicyclic amines) is 1. The van der Waals surface area contributed by atoms with Crippen LogP contribution in [0.2, 0.25) is 0 Å². The van der Waals surface area contributed by atoms with Gasteiger partial charge in [0.15, 0.2) is 11.3 Å². The number of rotatable bonds is 5. The lowest BCUT2D eigenvalue weighted by atomic mass is 9.91. The van der Waals surface area contributed by atoms with Gasteiger partial charge in [-0.05, 0) is 75.9 Å². The van der Waals surface area contributed by atoms with Gasteiger partial charge < -0.3 is 20.1 Å². The summed E-state index contributed by atoms with van der Waals surface area (Å²) < 4.78 is 13.0. The number of carbonyl (C=O) groups excluding carboxylic acids is 2. The molecule has 1 saturated heterocycles. The summed E-state index contributed by atoms with van der Waals surface area (Å²) in [5, 5.41) is 3.16. The highest BCUT2D eigenvalue weighted by Crippen LogP contribution is 2.34. The summed E-state index contributed by atoms with van der Waals surface area (Å²) in [7, 11) is 0. The molecule has 3 N–H and O–H groups in total. The van der Waals surface area contributed by atoms with Gasteiger partial charge in [-0.3, -0.25) is 9.89 Å². The highest BCUT2D eigenvalue weighted by molar-refractivity contribution is 5.98. The number of fused-ring (bicyclic) bond motifs is 1. The van der Waals surface area contributed by atoms with Crippen molar-refractivity contribution in [1.29, 1.82) is 0 Å². The second-order valence-electron chi connectivity index (χ2n) is 10.2. The Balaban J connectivity index is 1.37. The first kappa shape index (κ1) is 24.4. The summed E-state index contributed by atoms with van der Waals surface area (Å²) >= 11 is 0. The maximum Gasteiger partial charge on any atom is 0.410 e. The van der Waals surface area contributed by atoms with Gasteiger partial charge in [-0.15, -0.1) is 0 Å². The van der Waals surface area contributed by atoms with Crippen molar-refractivity contribution in [2.45, 2.75) is 45.1 Å². The molecule has 0 spiro atoms. The number of ether oxygens (including phenoxy) is 2. The molecule has 1 aliphatic heterocycles. The fourth-order valence-electron chi connectivity index (χ4n) is 4.67. The van der Waals surface area contributed by atoms with Crippen molar-refractivity contribution in [2.75, 3.05) is 13.1 Å². The monoisotopic (exact) mass is 501 g/mol. The summed E-state index contributed by atoms with van der Waals surface area (Å²) in [4.78, 5) is 31.5. The number of nitrogens with one attached hydrogen (secondary N) is 1. The van der Waals surface area contributed by atoms with Crippen LogP contribution in [0, 0.1) is 0 Å². The fraction of sp³-hybridized carbons (Fsp3) is 0.321. The smallest absolute Gasteiger partial charge is 0.410 e. The van der Waals surface area contributed by atoms with E-state index in [0.29, 0.717) is 35.9 Å². The molecule has 9 heteroatoms. The number of carbonyl (C=O) groups is 2. The van der Waals surface area contributed by atoms with E-state index in [4.69, 9.17) is 20.2 Å². The maximum absolute atomic E-state index is 12.5. The van der Waals surface area contributed by atoms with E-state index >= 15 is 0 Å². The molecule has 0 aliphatic carbocycles. The molecule has 37 heavy (non-hydrogen) atoms. The quantitative estimate of drug-likeness (QED) is 0.383. The second kappa shape index (κ2) is 9.65. The van der Waals surface area contributed by atoms with E-state index in [0.717, 1.165) is 29.7 Å². The van der Waals surface area contributed by atoms with Crippen molar-refractivity contribution in [3.8, 4) is 22.8 Å². The minimum absolute atomic E-state index is 0.185. The van der Waals surface area contributed by atoms with Crippen LogP contribution >= 0.6 is 0 Å². The summed E-state index contributed by atoms with van der Waals surface area (Å²) in [5.41, 5.74) is 8.50. The third-order valence-corrected chi connectivity index (χ3v) is 6.41. The molecule has 3 heterocycles. The number of aromatic amines is 1. The molecule has 0 saturated carbocycles. The summed E-state index contributed by atoms with van der Waals surface area (Å²) in [6, 6.07) is 16.9. The van der Waals surface area contributed by atoms with Crippen molar-refractivity contribution >= 4 is 17.6 Å². The van der Waals surface area contributed by atoms with E-state index in [1.165, 1.54) is 0 Å². The normalized spacial score (nSPS) is 14.6. The van der Waals surface area contributed by atoms with Crippen LogP contribution in [0.5, 0.6) is 11.5 Å². The lowest BCUT2D eigenvalue weighted by Crippen LogP contribution is -2.41. The molecule has 2 aromatic carbocycles. The molecule has 0 unspecified atom stereocenters. The number of imidazole rings is 1. The summed E-state index contributed by atoms with van der Waals surface area (Å²) in [5.74, 6) is 1.04. The number of primary amides is 1. The molecular weight excluding hydrogens is 470 g/mol. The Kier molecular flexibility index (Phi) is 6.37. The minimum Gasteiger partial charge on any atom is -0.457 e. The van der Waals surface area contributed by atoms with Gasteiger partial charge in [-0.1, -0.05) is 18.2 Å². The average Bonchev–Trinajstić information content (AvgIpc) is 3.44. The van der Waals surface area contributed by atoms with E-state index in [9.17, 15) is 9.59 Å². The Hall–Kier alpha value is -4.27. The maximum atomic E-state index is 12.5. The number of hydrogen-bond acceptors (Lipinski definition) is 5. The molecule has 4 aromatic rings. The highest BCUT2D eigenvalue weighted by atomic mass is 16.6. The number of nitrogens with two attached hydrogens (primary N) is 1. The Morgan fingerprint density at radius 3 is 2.27 bits per heavy atom. The van der Waals surface area contributed by atoms with Gasteiger partial charge in [0.2, 0.25) is 0 Å². The molecule has 0 atom stereocenters. The minimum atomic E-state index is -0.569. The number of nitrogens with zero attached hydrogens (tertiary/aromatic N) is 3. The lowest BCUT2D eigenvalue weighted by molar-refractivity contribution is 0.0205. The van der Waals surface area contributed by atoms with Crippen LogP contribution < -0.4 is 10.5 Å². The second-order valence-corrected chi connectivity index (χ2v) is 10.2. The molecule has 0 radical (unpaired) electrons. The lowest BCUT2D eigenvalue weighted by Gasteiger charge is -2.33. The van der Waals surface area contributed by atoms with Gasteiger partial charge >= 0.3 is 6.09 Å². The van der Waals surface area contributed by atoms with E-state index in [1.54, 1.807) is 9.42 Å². The molecule has 1 fully saturated rings. The predicted molar refractivity (Wildman–Crippen MR) is 140 cm³/mol. The molecule has 9 nitrogen and oxygen atoms in total. The third-order valence-electron chi connectivity index (χ3n) is 6.41. The van der Waals surface area contributed by atoms with E-state index in [1.807, 2.05) is 81.6 Å². The van der Waals surface area contributed by atoms with Gasteiger partial charge in [-0.25, -0.2) is 14.3 Å². The van der Waals surface area contributed by atoms with Crippen molar-refractivity contribution in [3.05, 3.63) is 72.1 Å². The first-order valence-corrected chi connectivity index (χ1v) is 12.4. The molecule has 2 amide bonds. The predicted octanol–water partition coefficient (Wildman–Crippen LogP) is 5.34. The first-order chi connectivity index (χ1) is 17.7. The average molecular weight is 502 g/mol. The number of H-pyrrole nitrogens is 1. The van der Waals surface area contributed by atoms with Crippen LogP contribution in [0.1, 0.15) is 55.6 Å². The first-order valence-electron chi connectivity index (χ1n) is 12.4. The molecule has 1 aliphatic rings. The van der Waals surface area contributed by atoms with Gasteiger partial charge in [0, 0.05) is 30.4 Å². The number of benzene rings is 2. The summed E-state index contributed by atoms with van der Waals surface area (Å²) in [6.07, 6.45) is 3.13. The molecule has 192 valence electrons. The van der Waals surface area contributed by atoms with Gasteiger partial charge in [-0.2, -0.15) is 0 Å². The Morgan fingerprint density at radius 1 is 1.00 bits per heavy atom. The SMILES string of the molecule is CC(C)(C)OC(=O)N1CCC(c2c[nH]n3c(C(N)=O)c(-c4ccc(Oc5ccccc5)cc4)nc23)CC1. The van der Waals surface area contributed by atoms with Crippen molar-refractivity contribution in [1.82, 2.24) is 19.5 Å². The zero-order chi connectivity index (χ0) is 26.2. The topological polar surface area (TPSA) is 115 Å². The zero-order valence-electron chi connectivity index (χ0n) is 21.2. The van der Waals surface area contributed by atoms with Crippen LogP contribution in [-0.2, 0) is 4.74 Å².